The fourth-order valence-corrected chi connectivity index (χ4v) is 4.76. The van der Waals surface area contributed by atoms with Crippen molar-refractivity contribution in [1.29, 1.82) is 0 Å². The molecule has 8 nitrogen and oxygen atoms in total. The Kier molecular flexibility index (Phi) is 5.88. The molecule has 2 amide bonds. The van der Waals surface area contributed by atoms with Gasteiger partial charge in [-0.2, -0.15) is 13.2 Å². The summed E-state index contributed by atoms with van der Waals surface area (Å²) in [5.74, 6) is -2.36. The third kappa shape index (κ3) is 4.27. The van der Waals surface area contributed by atoms with E-state index in [1.54, 1.807) is 30.3 Å². The van der Waals surface area contributed by atoms with Gasteiger partial charge in [-0.05, 0) is 60.2 Å². The normalized spacial score (nSPS) is 13.1. The number of oxazole rings is 1. The lowest BCUT2D eigenvalue weighted by Gasteiger charge is -2.18. The SMILES string of the molecule is COc1ccc(-c2nc3c(-c4cccc(C(F)(F)F)c4)cccc3o2)cc1N1C(=O)c2ccc(C(=O)O)cc2C1=O. The zero-order valence-corrected chi connectivity index (χ0v) is 21.0. The monoisotopic (exact) mass is 558 g/mol. The van der Waals surface area contributed by atoms with Crippen LogP contribution in [0.25, 0.3) is 33.7 Å². The molecule has 0 radical (unpaired) electrons. The molecule has 0 saturated heterocycles. The molecule has 1 aromatic heterocycles. The molecule has 6 rings (SSSR count). The Morgan fingerprint density at radius 3 is 2.37 bits per heavy atom. The number of amides is 2. The number of hydrogen-bond acceptors (Lipinski definition) is 6. The van der Waals surface area contributed by atoms with Crippen molar-refractivity contribution >= 4 is 34.6 Å². The van der Waals surface area contributed by atoms with Gasteiger partial charge in [0.15, 0.2) is 5.58 Å². The lowest BCUT2D eigenvalue weighted by molar-refractivity contribution is -0.137. The van der Waals surface area contributed by atoms with Crippen LogP contribution in [0.15, 0.2) is 83.3 Å². The number of nitrogens with zero attached hydrogens (tertiary/aromatic N) is 2. The molecule has 0 bridgehead atoms. The minimum Gasteiger partial charge on any atom is -0.495 e. The molecule has 204 valence electrons. The van der Waals surface area contributed by atoms with Crippen LogP contribution in [0.5, 0.6) is 5.75 Å². The van der Waals surface area contributed by atoms with E-state index in [2.05, 4.69) is 4.98 Å². The van der Waals surface area contributed by atoms with Gasteiger partial charge in [-0.25, -0.2) is 14.7 Å². The maximum absolute atomic E-state index is 13.3. The van der Waals surface area contributed by atoms with Crippen molar-refractivity contribution in [2.24, 2.45) is 0 Å². The van der Waals surface area contributed by atoms with Crippen molar-refractivity contribution < 1.29 is 41.8 Å². The number of hydrogen-bond donors (Lipinski definition) is 1. The Balaban J connectivity index is 1.44. The van der Waals surface area contributed by atoms with Gasteiger partial charge in [-0.15, -0.1) is 0 Å². The molecule has 1 N–H and O–H groups in total. The molecular formula is C30H17F3N2O6. The molecule has 5 aromatic rings. The van der Waals surface area contributed by atoms with Crippen molar-refractivity contribution in [3.63, 3.8) is 0 Å². The molecule has 1 aliphatic heterocycles. The van der Waals surface area contributed by atoms with Crippen LogP contribution in [0.2, 0.25) is 0 Å². The second-order valence-corrected chi connectivity index (χ2v) is 9.15. The van der Waals surface area contributed by atoms with Gasteiger partial charge >= 0.3 is 12.1 Å². The summed E-state index contributed by atoms with van der Waals surface area (Å²) in [6.45, 7) is 0. The van der Waals surface area contributed by atoms with Crippen LogP contribution < -0.4 is 9.64 Å². The van der Waals surface area contributed by atoms with Gasteiger partial charge in [-0.3, -0.25) is 9.59 Å². The average molecular weight is 558 g/mol. The van der Waals surface area contributed by atoms with Crippen LogP contribution in [-0.4, -0.2) is 35.0 Å². The van der Waals surface area contributed by atoms with Gasteiger partial charge < -0.3 is 14.3 Å². The molecule has 0 spiro atoms. The number of rotatable bonds is 5. The summed E-state index contributed by atoms with van der Waals surface area (Å²) in [6.07, 6.45) is -4.52. The molecule has 0 unspecified atom stereocenters. The Hall–Kier alpha value is -5.45. The lowest BCUT2D eigenvalue weighted by atomic mass is 10.0. The number of fused-ring (bicyclic) bond motifs is 2. The molecule has 0 fully saturated rings. The Labute approximate surface area is 229 Å². The van der Waals surface area contributed by atoms with Crippen molar-refractivity contribution in [2.45, 2.75) is 6.18 Å². The van der Waals surface area contributed by atoms with Crippen LogP contribution >= 0.6 is 0 Å². The number of carbonyl (C=O) groups excluding carboxylic acids is 2. The third-order valence-corrected chi connectivity index (χ3v) is 6.72. The van der Waals surface area contributed by atoms with Crippen LogP contribution in [0.1, 0.15) is 36.6 Å². The standard InChI is InChI=1S/C30H17F3N2O6/c1-40-23-11-9-16(14-22(23)35-27(36)20-10-8-17(29(38)39)13-21(20)28(35)37)26-34-25-19(6-3-7-24(25)41-26)15-4-2-5-18(12-15)30(31,32)33/h2-14H,1H3,(H,38,39). The van der Waals surface area contributed by atoms with Crippen LogP contribution in [0.3, 0.4) is 0 Å². The lowest BCUT2D eigenvalue weighted by Crippen LogP contribution is -2.29. The molecular weight excluding hydrogens is 541 g/mol. The van der Waals surface area contributed by atoms with E-state index < -0.39 is 29.5 Å². The quantitative estimate of drug-likeness (QED) is 0.239. The average Bonchev–Trinajstić information content (AvgIpc) is 3.50. The fraction of sp³-hybridized carbons (Fsp3) is 0.0667. The molecule has 1 aliphatic rings. The van der Waals surface area contributed by atoms with Crippen molar-refractivity contribution in [1.82, 2.24) is 4.98 Å². The largest absolute Gasteiger partial charge is 0.495 e. The van der Waals surface area contributed by atoms with Crippen molar-refractivity contribution in [3.05, 3.63) is 101 Å². The highest BCUT2D eigenvalue weighted by Gasteiger charge is 2.39. The Morgan fingerprint density at radius 2 is 1.63 bits per heavy atom. The molecule has 0 atom stereocenters. The number of anilines is 1. The number of carboxylic acids is 1. The van der Waals surface area contributed by atoms with Crippen molar-refractivity contribution in [3.8, 4) is 28.3 Å². The second-order valence-electron chi connectivity index (χ2n) is 9.15. The molecule has 0 saturated carbocycles. The third-order valence-electron chi connectivity index (χ3n) is 6.72. The number of aromatic nitrogens is 1. The van der Waals surface area contributed by atoms with Crippen LogP contribution in [0, 0.1) is 0 Å². The smallest absolute Gasteiger partial charge is 0.416 e. The summed E-state index contributed by atoms with van der Waals surface area (Å²) in [5.41, 5.74) is 0.829. The highest BCUT2D eigenvalue weighted by Crippen LogP contribution is 2.40. The second kappa shape index (κ2) is 9.33. The van der Waals surface area contributed by atoms with Crippen LogP contribution in [-0.2, 0) is 6.18 Å². The first kappa shape index (κ1) is 25.8. The fourth-order valence-electron chi connectivity index (χ4n) is 4.76. The van der Waals surface area contributed by atoms with E-state index in [1.807, 2.05) is 0 Å². The first-order valence-corrected chi connectivity index (χ1v) is 12.1. The molecule has 11 heteroatoms. The van der Waals surface area contributed by atoms with Gasteiger partial charge in [-0.1, -0.05) is 24.3 Å². The summed E-state index contributed by atoms with van der Waals surface area (Å²) < 4.78 is 51.3. The number of imide groups is 1. The summed E-state index contributed by atoms with van der Waals surface area (Å²) in [6, 6.07) is 18.0. The summed E-state index contributed by atoms with van der Waals surface area (Å²) in [4.78, 5) is 43.3. The number of para-hydroxylation sites is 1. The number of halogens is 3. The van der Waals surface area contributed by atoms with Gasteiger partial charge in [0.05, 0.1) is 35.1 Å². The molecule has 4 aromatic carbocycles. The van der Waals surface area contributed by atoms with E-state index in [0.717, 1.165) is 23.1 Å². The van der Waals surface area contributed by atoms with Gasteiger partial charge in [0.2, 0.25) is 5.89 Å². The summed E-state index contributed by atoms with van der Waals surface area (Å²) >= 11 is 0. The number of carboxylic acid groups (broad SMARTS) is 1. The van der Waals surface area contributed by atoms with Crippen LogP contribution in [0.4, 0.5) is 18.9 Å². The van der Waals surface area contributed by atoms with Gasteiger partial charge in [0.1, 0.15) is 11.3 Å². The number of ether oxygens (including phenoxy) is 1. The maximum Gasteiger partial charge on any atom is 0.416 e. The topological polar surface area (TPSA) is 110 Å². The number of methoxy groups -OCH3 is 1. The molecule has 2 heterocycles. The zero-order valence-electron chi connectivity index (χ0n) is 21.0. The number of aromatic carboxylic acids is 1. The van der Waals surface area contributed by atoms with E-state index in [4.69, 9.17) is 9.15 Å². The highest BCUT2D eigenvalue weighted by atomic mass is 19.4. The summed E-state index contributed by atoms with van der Waals surface area (Å²) in [5, 5.41) is 9.30. The predicted octanol–water partition coefficient (Wildman–Crippen LogP) is 6.69. The van der Waals surface area contributed by atoms with E-state index in [-0.39, 0.29) is 34.0 Å². The summed E-state index contributed by atoms with van der Waals surface area (Å²) in [7, 11) is 1.36. The van der Waals surface area contributed by atoms with E-state index in [0.29, 0.717) is 27.8 Å². The minimum absolute atomic E-state index is 0.0417. The predicted molar refractivity (Wildman–Crippen MR) is 141 cm³/mol. The highest BCUT2D eigenvalue weighted by molar-refractivity contribution is 6.35. The number of benzene rings is 4. The maximum atomic E-state index is 13.3. The number of alkyl halides is 3. The minimum atomic E-state index is -4.52. The first-order chi connectivity index (χ1) is 19.6. The van der Waals surface area contributed by atoms with Crippen molar-refractivity contribution in [2.75, 3.05) is 12.0 Å². The molecule has 0 aliphatic carbocycles. The Bertz CT molecular complexity index is 1910. The van der Waals surface area contributed by atoms with Gasteiger partial charge in [0.25, 0.3) is 11.8 Å². The Morgan fingerprint density at radius 1 is 0.878 bits per heavy atom. The van der Waals surface area contributed by atoms with E-state index >= 15 is 0 Å². The zero-order chi connectivity index (χ0) is 29.1. The van der Waals surface area contributed by atoms with E-state index in [9.17, 15) is 32.7 Å². The first-order valence-electron chi connectivity index (χ1n) is 12.1. The number of carbonyl (C=O) groups is 3. The molecule has 41 heavy (non-hydrogen) atoms. The van der Waals surface area contributed by atoms with Gasteiger partial charge in [0, 0.05) is 11.1 Å². The van der Waals surface area contributed by atoms with E-state index in [1.165, 1.54) is 37.4 Å².